The van der Waals surface area contributed by atoms with Crippen molar-refractivity contribution in [2.75, 3.05) is 88.3 Å². The Morgan fingerprint density at radius 1 is 1.12 bits per heavy atom. The van der Waals surface area contributed by atoms with E-state index in [1.807, 2.05) is 0 Å². The predicted molar refractivity (Wildman–Crippen MR) is 137 cm³/mol. The van der Waals surface area contributed by atoms with Crippen LogP contribution in [-0.2, 0) is 9.84 Å². The Labute approximate surface area is 212 Å². The number of benzene rings is 1. The zero-order valence-corrected chi connectivity index (χ0v) is 23.2. The molecule has 0 aliphatic carbocycles. The van der Waals surface area contributed by atoms with E-state index in [0.717, 1.165) is 38.5 Å². The summed E-state index contributed by atoms with van der Waals surface area (Å²) in [7, 11) is -0.0955. The van der Waals surface area contributed by atoms with Crippen LogP contribution in [0.15, 0.2) is 17.0 Å². The second kappa shape index (κ2) is 12.4. The third-order valence-corrected chi connectivity index (χ3v) is 7.48. The van der Waals surface area contributed by atoms with Gasteiger partial charge in [-0.2, -0.15) is 0 Å². The number of carbonyl (C=O) groups is 1. The molecule has 0 aromatic heterocycles. The number of hydrogen-bond acceptors (Lipinski definition) is 8. The first-order valence-corrected chi connectivity index (χ1v) is 14.7. The quantitative estimate of drug-likeness (QED) is 0.212. The van der Waals surface area contributed by atoms with Gasteiger partial charge in [0, 0.05) is 82.4 Å². The summed E-state index contributed by atoms with van der Waals surface area (Å²) in [5.74, 6) is -0.505. The first kappa shape index (κ1) is 28.0. The standard InChI is InChI=1S/C20H31Br2N5O5S/c1-23-8-11-25(12-9-23)13-10-24(2)20(28)16-14-18(26(6-4-21)7-5-22)19(33(3,31)32)15-17(16)27(29)30/h14-15H,4-13H2,1-3H3. The molecule has 1 amide bonds. The molecule has 1 saturated heterocycles. The van der Waals surface area contributed by atoms with Crippen molar-refractivity contribution in [3.63, 3.8) is 0 Å². The molecular weight excluding hydrogens is 582 g/mol. The topological polar surface area (TPSA) is 107 Å². The maximum atomic E-state index is 13.3. The third-order valence-electron chi connectivity index (χ3n) is 5.65. The Bertz CT molecular complexity index is 948. The summed E-state index contributed by atoms with van der Waals surface area (Å²) in [5.41, 5.74) is -0.330. The lowest BCUT2D eigenvalue weighted by molar-refractivity contribution is -0.385. The highest BCUT2D eigenvalue weighted by atomic mass is 79.9. The van der Waals surface area contributed by atoms with Gasteiger partial charge in [-0.15, -0.1) is 0 Å². The molecule has 1 aliphatic rings. The van der Waals surface area contributed by atoms with E-state index in [-0.39, 0.29) is 16.1 Å². The SMILES string of the molecule is CN1CCN(CCN(C)C(=O)c2cc(N(CCBr)CCBr)c(S(C)(=O)=O)cc2[N+](=O)[O-])CC1. The highest BCUT2D eigenvalue weighted by Gasteiger charge is 2.30. The molecule has 0 bridgehead atoms. The van der Waals surface area contributed by atoms with Crippen molar-refractivity contribution in [1.29, 1.82) is 0 Å². The van der Waals surface area contributed by atoms with Crippen molar-refractivity contribution in [3.8, 4) is 0 Å². The number of piperazine rings is 1. The van der Waals surface area contributed by atoms with Gasteiger partial charge in [0.25, 0.3) is 11.6 Å². The number of likely N-dealkylation sites (N-methyl/N-ethyl adjacent to an activating group) is 2. The molecule has 33 heavy (non-hydrogen) atoms. The molecule has 1 aromatic carbocycles. The van der Waals surface area contributed by atoms with Crippen LogP contribution in [0.2, 0.25) is 0 Å². The Morgan fingerprint density at radius 2 is 1.70 bits per heavy atom. The number of nitrogens with zero attached hydrogens (tertiary/aromatic N) is 5. The van der Waals surface area contributed by atoms with Crippen LogP contribution >= 0.6 is 31.9 Å². The van der Waals surface area contributed by atoms with Crippen LogP contribution in [0.5, 0.6) is 0 Å². The molecule has 1 fully saturated rings. The van der Waals surface area contributed by atoms with Crippen molar-refractivity contribution in [2.45, 2.75) is 4.90 Å². The fraction of sp³-hybridized carbons (Fsp3) is 0.650. The molecule has 0 radical (unpaired) electrons. The first-order valence-electron chi connectivity index (χ1n) is 10.5. The van der Waals surface area contributed by atoms with E-state index in [4.69, 9.17) is 0 Å². The van der Waals surface area contributed by atoms with Crippen molar-refractivity contribution < 1.29 is 18.1 Å². The number of hydrogen-bond donors (Lipinski definition) is 0. The Morgan fingerprint density at radius 3 is 2.18 bits per heavy atom. The van der Waals surface area contributed by atoms with E-state index >= 15 is 0 Å². The van der Waals surface area contributed by atoms with Gasteiger partial charge in [-0.25, -0.2) is 8.42 Å². The minimum atomic E-state index is -3.78. The normalized spacial score (nSPS) is 15.4. The summed E-state index contributed by atoms with van der Waals surface area (Å²) in [4.78, 5) is 31.9. The number of amides is 1. The van der Waals surface area contributed by atoms with Gasteiger partial charge in [-0.3, -0.25) is 19.8 Å². The number of halogens is 2. The molecule has 1 aliphatic heterocycles. The molecule has 0 N–H and O–H groups in total. The zero-order chi connectivity index (χ0) is 24.8. The van der Waals surface area contributed by atoms with Gasteiger partial charge in [-0.05, 0) is 13.1 Å². The Kier molecular flexibility index (Phi) is 10.5. The lowest BCUT2D eigenvalue weighted by Gasteiger charge is -2.33. The highest BCUT2D eigenvalue weighted by molar-refractivity contribution is 9.09. The smallest absolute Gasteiger partial charge is 0.283 e. The maximum Gasteiger partial charge on any atom is 0.283 e. The van der Waals surface area contributed by atoms with Gasteiger partial charge in [0.2, 0.25) is 0 Å². The molecular formula is C20H31Br2N5O5S. The van der Waals surface area contributed by atoms with E-state index in [2.05, 4.69) is 48.7 Å². The molecule has 0 unspecified atom stereocenters. The molecule has 13 heteroatoms. The summed E-state index contributed by atoms with van der Waals surface area (Å²) in [5, 5.41) is 12.9. The van der Waals surface area contributed by atoms with Crippen LogP contribution in [0.1, 0.15) is 10.4 Å². The molecule has 0 saturated carbocycles. The van der Waals surface area contributed by atoms with Crippen molar-refractivity contribution in [1.82, 2.24) is 14.7 Å². The van der Waals surface area contributed by atoms with Crippen molar-refractivity contribution >= 4 is 59.0 Å². The van der Waals surface area contributed by atoms with Crippen LogP contribution in [-0.4, -0.2) is 117 Å². The average molecular weight is 613 g/mol. The number of carbonyl (C=O) groups excluding carboxylic acids is 1. The fourth-order valence-corrected chi connectivity index (χ4v) is 5.40. The maximum absolute atomic E-state index is 13.3. The fourth-order valence-electron chi connectivity index (χ4n) is 3.65. The minimum Gasteiger partial charge on any atom is -0.369 e. The molecule has 186 valence electrons. The number of alkyl halides is 2. The number of nitro groups is 1. The minimum absolute atomic E-state index is 0.113. The van der Waals surface area contributed by atoms with Gasteiger partial charge < -0.3 is 14.7 Å². The van der Waals surface area contributed by atoms with Crippen LogP contribution in [0.3, 0.4) is 0 Å². The van der Waals surface area contributed by atoms with Gasteiger partial charge in [0.05, 0.1) is 15.5 Å². The van der Waals surface area contributed by atoms with E-state index < -0.39 is 26.4 Å². The molecule has 0 atom stereocenters. The van der Waals surface area contributed by atoms with Gasteiger partial charge in [-0.1, -0.05) is 31.9 Å². The average Bonchev–Trinajstić information content (AvgIpc) is 2.76. The second-order valence-electron chi connectivity index (χ2n) is 8.10. The van der Waals surface area contributed by atoms with Crippen LogP contribution in [0.4, 0.5) is 11.4 Å². The van der Waals surface area contributed by atoms with E-state index in [1.165, 1.54) is 11.0 Å². The first-order chi connectivity index (χ1) is 15.5. The molecule has 1 heterocycles. The zero-order valence-electron chi connectivity index (χ0n) is 19.2. The summed E-state index contributed by atoms with van der Waals surface area (Å²) >= 11 is 6.73. The Hall–Kier alpha value is -1.28. The third kappa shape index (κ3) is 7.61. The van der Waals surface area contributed by atoms with E-state index in [0.29, 0.717) is 36.8 Å². The van der Waals surface area contributed by atoms with Crippen LogP contribution in [0, 0.1) is 10.1 Å². The predicted octanol–water partition coefficient (Wildman–Crippen LogP) is 1.91. The van der Waals surface area contributed by atoms with Crippen LogP contribution in [0.25, 0.3) is 0 Å². The number of sulfone groups is 1. The van der Waals surface area contributed by atoms with Crippen LogP contribution < -0.4 is 4.90 Å². The number of rotatable bonds is 11. The van der Waals surface area contributed by atoms with Gasteiger partial charge in [0.1, 0.15) is 5.56 Å². The lowest BCUT2D eigenvalue weighted by atomic mass is 10.1. The number of anilines is 1. The lowest BCUT2D eigenvalue weighted by Crippen LogP contribution is -2.47. The van der Waals surface area contributed by atoms with Crippen molar-refractivity contribution in [2.24, 2.45) is 0 Å². The van der Waals surface area contributed by atoms with E-state index in [1.54, 1.807) is 11.9 Å². The summed E-state index contributed by atoms with van der Waals surface area (Å²) in [6.45, 7) is 5.73. The number of nitro benzene ring substituents is 1. The molecule has 0 spiro atoms. The monoisotopic (exact) mass is 611 g/mol. The summed E-state index contributed by atoms with van der Waals surface area (Å²) < 4.78 is 25.0. The molecule has 1 aromatic rings. The van der Waals surface area contributed by atoms with Gasteiger partial charge in [0.15, 0.2) is 9.84 Å². The Balaban J connectivity index is 2.41. The molecule has 10 nitrogen and oxygen atoms in total. The van der Waals surface area contributed by atoms with E-state index in [9.17, 15) is 23.3 Å². The largest absolute Gasteiger partial charge is 0.369 e. The van der Waals surface area contributed by atoms with Crippen molar-refractivity contribution in [3.05, 3.63) is 27.8 Å². The highest BCUT2D eigenvalue weighted by Crippen LogP contribution is 2.34. The molecule has 2 rings (SSSR count). The summed E-state index contributed by atoms with van der Waals surface area (Å²) in [6, 6.07) is 2.37. The second-order valence-corrected chi connectivity index (χ2v) is 11.7. The van der Waals surface area contributed by atoms with Gasteiger partial charge >= 0.3 is 0 Å². The summed E-state index contributed by atoms with van der Waals surface area (Å²) in [6.07, 6.45) is 1.01.